The summed E-state index contributed by atoms with van der Waals surface area (Å²) in [4.78, 5) is 41.1. The molecule has 9 nitrogen and oxygen atoms in total. The van der Waals surface area contributed by atoms with Gasteiger partial charge in [-0.3, -0.25) is 24.6 Å². The largest absolute Gasteiger partial charge is 0.493 e. The average Bonchev–Trinajstić information content (AvgIpc) is 3.15. The first kappa shape index (κ1) is 28.9. The maximum absolute atomic E-state index is 14.2. The molecule has 0 unspecified atom stereocenters. The molecule has 3 aromatic carbocycles. The Kier molecular flexibility index (Phi) is 8.56. The quantitative estimate of drug-likeness (QED) is 0.166. The summed E-state index contributed by atoms with van der Waals surface area (Å²) in [5.41, 5.74) is 4.09. The molecule has 2 atom stereocenters. The Labute approximate surface area is 245 Å². The van der Waals surface area contributed by atoms with Crippen LogP contribution in [-0.2, 0) is 9.59 Å². The molecule has 1 N–H and O–H groups in total. The Hall–Kier alpha value is -4.66. The van der Waals surface area contributed by atoms with Crippen molar-refractivity contribution in [2.24, 2.45) is 0 Å². The molecule has 0 aromatic heterocycles. The van der Waals surface area contributed by atoms with Crippen LogP contribution in [-0.4, -0.2) is 30.8 Å². The molecule has 0 spiro atoms. The summed E-state index contributed by atoms with van der Waals surface area (Å²) in [6.45, 7) is 2.09. The number of nitrogens with zero attached hydrogens (tertiary/aromatic N) is 2. The van der Waals surface area contributed by atoms with Crippen LogP contribution >= 0.6 is 0 Å². The number of amides is 1. The predicted octanol–water partition coefficient (Wildman–Crippen LogP) is 7.09. The van der Waals surface area contributed by atoms with E-state index in [1.807, 2.05) is 42.5 Å². The number of Topliss-reactive ketones (excluding diaryl/α,β-unsaturated/α-hetero) is 1. The minimum absolute atomic E-state index is 0.00838. The lowest BCUT2D eigenvalue weighted by Gasteiger charge is -2.35. The third-order valence-electron chi connectivity index (χ3n) is 8.03. The third kappa shape index (κ3) is 5.59. The lowest BCUT2D eigenvalue weighted by molar-refractivity contribution is -0.384. The molecule has 1 amide bonds. The molecule has 3 aromatic rings. The van der Waals surface area contributed by atoms with E-state index in [9.17, 15) is 19.7 Å². The number of para-hydroxylation sites is 2. The van der Waals surface area contributed by atoms with E-state index in [0.29, 0.717) is 41.3 Å². The second kappa shape index (κ2) is 12.5. The molecule has 2 aliphatic rings. The average molecular weight is 570 g/mol. The van der Waals surface area contributed by atoms with Crippen LogP contribution in [0.25, 0.3) is 0 Å². The zero-order chi connectivity index (χ0) is 29.8. The third-order valence-corrected chi connectivity index (χ3v) is 8.03. The summed E-state index contributed by atoms with van der Waals surface area (Å²) < 4.78 is 11.1. The van der Waals surface area contributed by atoms with Crippen LogP contribution in [0.15, 0.2) is 78.0 Å². The van der Waals surface area contributed by atoms with Gasteiger partial charge in [0.25, 0.3) is 5.69 Å². The standard InChI is InChI=1S/C33H35N3O6/c1-4-5-6-14-31(38)35-27-13-8-7-12-25(27)34-26-18-23(21-10-9-11-24(17-21)36(39)40)19-28(37)32(26)33(35)22-15-16-29(41-2)30(20-22)42-3/h7-13,15-17,20,23,33-34H,4-6,14,18-19H2,1-3H3/t23-,33-/m1/s1. The van der Waals surface area contributed by atoms with Crippen molar-refractivity contribution in [1.29, 1.82) is 0 Å². The van der Waals surface area contributed by atoms with E-state index in [0.717, 1.165) is 36.1 Å². The maximum Gasteiger partial charge on any atom is 0.269 e. The van der Waals surface area contributed by atoms with Gasteiger partial charge in [-0.2, -0.15) is 0 Å². The van der Waals surface area contributed by atoms with Crippen LogP contribution in [0.2, 0.25) is 0 Å². The number of nitro groups is 1. The van der Waals surface area contributed by atoms with Gasteiger partial charge in [0.1, 0.15) is 0 Å². The number of rotatable bonds is 9. The summed E-state index contributed by atoms with van der Waals surface area (Å²) >= 11 is 0. The molecule has 0 fully saturated rings. The predicted molar refractivity (Wildman–Crippen MR) is 161 cm³/mol. The van der Waals surface area contributed by atoms with Crippen LogP contribution in [0.3, 0.4) is 0 Å². The molecule has 5 rings (SSSR count). The van der Waals surface area contributed by atoms with Gasteiger partial charge < -0.3 is 14.8 Å². The number of carbonyl (C=O) groups excluding carboxylic acids is 2. The van der Waals surface area contributed by atoms with Gasteiger partial charge in [0.15, 0.2) is 17.3 Å². The zero-order valence-electron chi connectivity index (χ0n) is 24.1. The highest BCUT2D eigenvalue weighted by Crippen LogP contribution is 2.48. The first-order chi connectivity index (χ1) is 20.4. The maximum atomic E-state index is 14.2. The van der Waals surface area contributed by atoms with Crippen molar-refractivity contribution in [3.8, 4) is 11.5 Å². The molecule has 1 aliphatic carbocycles. The SMILES string of the molecule is CCCCCC(=O)N1c2ccccc2NC2=C(C(=O)C[C@H](c3cccc([N+](=O)[O-])c3)C2)[C@H]1c1ccc(OC)c(OC)c1. The molecule has 0 bridgehead atoms. The Balaban J connectivity index is 1.68. The van der Waals surface area contributed by atoms with Crippen molar-refractivity contribution >= 4 is 28.8 Å². The first-order valence-electron chi connectivity index (χ1n) is 14.3. The van der Waals surface area contributed by atoms with Crippen LogP contribution < -0.4 is 19.7 Å². The van der Waals surface area contributed by atoms with Crippen LogP contribution in [0.5, 0.6) is 11.5 Å². The number of methoxy groups -OCH3 is 2. The zero-order valence-corrected chi connectivity index (χ0v) is 24.1. The number of nitro benzene ring substituents is 1. The number of nitrogens with one attached hydrogen (secondary N) is 1. The number of benzene rings is 3. The lowest BCUT2D eigenvalue weighted by Crippen LogP contribution is -2.38. The van der Waals surface area contributed by atoms with Crippen LogP contribution in [0, 0.1) is 10.1 Å². The van der Waals surface area contributed by atoms with Gasteiger partial charge in [-0.1, -0.05) is 50.1 Å². The number of ketones is 1. The summed E-state index contributed by atoms with van der Waals surface area (Å²) in [6, 6.07) is 18.8. The number of allylic oxidation sites excluding steroid dienone is 1. The fraction of sp³-hybridized carbons (Fsp3) is 0.333. The van der Waals surface area contributed by atoms with Crippen molar-refractivity contribution in [2.75, 3.05) is 24.4 Å². The highest BCUT2D eigenvalue weighted by molar-refractivity contribution is 6.06. The van der Waals surface area contributed by atoms with Crippen molar-refractivity contribution < 1.29 is 24.0 Å². The van der Waals surface area contributed by atoms with Crippen LogP contribution in [0.4, 0.5) is 17.1 Å². The number of carbonyl (C=O) groups is 2. The minimum atomic E-state index is -0.705. The molecule has 0 saturated carbocycles. The van der Waals surface area contributed by atoms with E-state index < -0.39 is 11.0 Å². The van der Waals surface area contributed by atoms with Gasteiger partial charge in [-0.25, -0.2) is 0 Å². The van der Waals surface area contributed by atoms with E-state index in [4.69, 9.17) is 9.47 Å². The second-order valence-corrected chi connectivity index (χ2v) is 10.7. The number of hydrogen-bond donors (Lipinski definition) is 1. The van der Waals surface area contributed by atoms with Gasteiger partial charge >= 0.3 is 0 Å². The number of non-ortho nitro benzene ring substituents is 1. The van der Waals surface area contributed by atoms with Gasteiger partial charge in [0, 0.05) is 36.2 Å². The number of hydrogen-bond acceptors (Lipinski definition) is 7. The number of anilines is 2. The first-order valence-corrected chi connectivity index (χ1v) is 14.3. The second-order valence-electron chi connectivity index (χ2n) is 10.7. The Bertz CT molecular complexity index is 1550. The van der Waals surface area contributed by atoms with E-state index in [2.05, 4.69) is 12.2 Å². The van der Waals surface area contributed by atoms with E-state index in [-0.39, 0.29) is 29.7 Å². The van der Waals surface area contributed by atoms with Crippen molar-refractivity contribution in [1.82, 2.24) is 0 Å². The highest BCUT2D eigenvalue weighted by Gasteiger charge is 2.41. The molecular formula is C33H35N3O6. The summed E-state index contributed by atoms with van der Waals surface area (Å²) in [5, 5.41) is 15.0. The monoisotopic (exact) mass is 569 g/mol. The van der Waals surface area contributed by atoms with E-state index in [1.165, 1.54) is 6.07 Å². The Morgan fingerprint density at radius 3 is 2.50 bits per heavy atom. The normalized spacial score (nSPS) is 18.0. The fourth-order valence-electron chi connectivity index (χ4n) is 5.98. The van der Waals surface area contributed by atoms with Gasteiger partial charge in [-0.15, -0.1) is 0 Å². The van der Waals surface area contributed by atoms with Crippen molar-refractivity contribution in [3.05, 3.63) is 99.2 Å². The number of ether oxygens (including phenoxy) is 2. The van der Waals surface area contributed by atoms with Gasteiger partial charge in [0.05, 0.1) is 36.6 Å². The van der Waals surface area contributed by atoms with Crippen molar-refractivity contribution in [3.63, 3.8) is 0 Å². The topological polar surface area (TPSA) is 111 Å². The summed E-state index contributed by atoms with van der Waals surface area (Å²) in [5.74, 6) is 0.607. The molecule has 1 aliphatic heterocycles. The molecule has 9 heteroatoms. The lowest BCUT2D eigenvalue weighted by atomic mass is 9.78. The van der Waals surface area contributed by atoms with E-state index >= 15 is 0 Å². The van der Waals surface area contributed by atoms with Gasteiger partial charge in [-0.05, 0) is 54.2 Å². The summed E-state index contributed by atoms with van der Waals surface area (Å²) in [6.07, 6.45) is 3.63. The Morgan fingerprint density at radius 1 is 0.976 bits per heavy atom. The number of fused-ring (bicyclic) bond motifs is 1. The van der Waals surface area contributed by atoms with Crippen molar-refractivity contribution in [2.45, 2.75) is 57.4 Å². The summed E-state index contributed by atoms with van der Waals surface area (Å²) in [7, 11) is 3.12. The van der Waals surface area contributed by atoms with Gasteiger partial charge in [0.2, 0.25) is 5.91 Å². The van der Waals surface area contributed by atoms with E-state index in [1.54, 1.807) is 37.3 Å². The highest BCUT2D eigenvalue weighted by atomic mass is 16.6. The Morgan fingerprint density at radius 2 is 1.76 bits per heavy atom. The molecule has 1 heterocycles. The minimum Gasteiger partial charge on any atom is -0.493 e. The smallest absolute Gasteiger partial charge is 0.269 e. The fourth-order valence-corrected chi connectivity index (χ4v) is 5.98. The molecular weight excluding hydrogens is 534 g/mol. The molecule has 0 radical (unpaired) electrons. The molecule has 0 saturated heterocycles. The molecule has 218 valence electrons. The number of unbranched alkanes of at least 4 members (excludes halogenated alkanes) is 2. The van der Waals surface area contributed by atoms with Crippen LogP contribution in [0.1, 0.15) is 68.5 Å². The molecule has 42 heavy (non-hydrogen) atoms.